The second-order valence-electron chi connectivity index (χ2n) is 5.44. The van der Waals surface area contributed by atoms with E-state index in [2.05, 4.69) is 12.2 Å². The Morgan fingerprint density at radius 2 is 2.16 bits per heavy atom. The molecule has 0 bridgehead atoms. The Labute approximate surface area is 124 Å². The number of anilines is 1. The molecule has 0 saturated heterocycles. The van der Waals surface area contributed by atoms with Gasteiger partial charge >= 0.3 is 0 Å². The lowest BCUT2D eigenvalue weighted by Crippen LogP contribution is -2.31. The van der Waals surface area contributed by atoms with Gasteiger partial charge in [-0.25, -0.2) is 0 Å². The normalized spacial score (nSPS) is 26.5. The van der Waals surface area contributed by atoms with Crippen LogP contribution in [0.3, 0.4) is 0 Å². The molecule has 1 N–H and O–H groups in total. The van der Waals surface area contributed by atoms with Crippen molar-refractivity contribution in [1.82, 2.24) is 0 Å². The highest BCUT2D eigenvalue weighted by Crippen LogP contribution is 2.34. The first-order valence-corrected chi connectivity index (χ1v) is 8.32. The van der Waals surface area contributed by atoms with Gasteiger partial charge in [0.25, 0.3) is 0 Å². The molecule has 0 amide bonds. The number of thioether (sulfide) groups is 1. The quantitative estimate of drug-likeness (QED) is 0.810. The van der Waals surface area contributed by atoms with Crippen molar-refractivity contribution in [1.29, 1.82) is 0 Å². The van der Waals surface area contributed by atoms with Crippen molar-refractivity contribution >= 4 is 34.2 Å². The number of nitrogens with one attached hydrogen (secondary N) is 1. The van der Waals surface area contributed by atoms with Gasteiger partial charge in [0.05, 0.1) is 6.04 Å². The van der Waals surface area contributed by atoms with E-state index in [4.69, 9.17) is 16.6 Å². The SMILES string of the molecule is Cc1ccc(Cl)cc1NC1=NC2CCCCC2CS1. The van der Waals surface area contributed by atoms with Crippen molar-refractivity contribution in [3.05, 3.63) is 28.8 Å². The minimum atomic E-state index is 0.539. The van der Waals surface area contributed by atoms with Crippen LogP contribution in [0.5, 0.6) is 0 Å². The summed E-state index contributed by atoms with van der Waals surface area (Å²) in [5, 5.41) is 5.28. The second-order valence-corrected chi connectivity index (χ2v) is 6.89. The maximum Gasteiger partial charge on any atom is 0.161 e. The van der Waals surface area contributed by atoms with Gasteiger partial charge < -0.3 is 5.32 Å². The summed E-state index contributed by atoms with van der Waals surface area (Å²) in [6.45, 7) is 2.09. The average Bonchev–Trinajstić information content (AvgIpc) is 2.43. The Morgan fingerprint density at radius 3 is 3.05 bits per heavy atom. The molecule has 1 aliphatic heterocycles. The van der Waals surface area contributed by atoms with Gasteiger partial charge in [0.2, 0.25) is 0 Å². The third kappa shape index (κ3) is 3.09. The molecular weight excluding hydrogens is 276 g/mol. The highest BCUT2D eigenvalue weighted by Gasteiger charge is 2.29. The number of fused-ring (bicyclic) bond motifs is 1. The molecule has 0 spiro atoms. The van der Waals surface area contributed by atoms with Crippen molar-refractivity contribution in [2.45, 2.75) is 38.6 Å². The molecule has 2 nitrogen and oxygen atoms in total. The fourth-order valence-corrected chi connectivity index (χ4v) is 4.16. The average molecular weight is 295 g/mol. The number of hydrogen-bond donors (Lipinski definition) is 1. The van der Waals surface area contributed by atoms with Crippen LogP contribution in [0, 0.1) is 12.8 Å². The van der Waals surface area contributed by atoms with Crippen molar-refractivity contribution < 1.29 is 0 Å². The van der Waals surface area contributed by atoms with Crippen molar-refractivity contribution in [2.24, 2.45) is 10.9 Å². The zero-order valence-corrected chi connectivity index (χ0v) is 12.7. The summed E-state index contributed by atoms with van der Waals surface area (Å²) in [7, 11) is 0. The number of nitrogens with zero attached hydrogens (tertiary/aromatic N) is 1. The monoisotopic (exact) mass is 294 g/mol. The summed E-state index contributed by atoms with van der Waals surface area (Å²) in [6.07, 6.45) is 5.32. The molecule has 2 aliphatic rings. The molecule has 1 fully saturated rings. The molecule has 102 valence electrons. The maximum atomic E-state index is 6.06. The van der Waals surface area contributed by atoms with Crippen LogP contribution in [0.4, 0.5) is 5.69 Å². The summed E-state index contributed by atoms with van der Waals surface area (Å²) in [6, 6.07) is 6.49. The first-order chi connectivity index (χ1) is 9.22. The zero-order valence-electron chi connectivity index (χ0n) is 11.2. The molecule has 0 radical (unpaired) electrons. The van der Waals surface area contributed by atoms with Gasteiger partial charge in [0.15, 0.2) is 5.17 Å². The van der Waals surface area contributed by atoms with E-state index in [1.54, 1.807) is 0 Å². The number of benzene rings is 1. The molecule has 4 heteroatoms. The van der Waals surface area contributed by atoms with Crippen LogP contribution in [-0.2, 0) is 0 Å². The minimum absolute atomic E-state index is 0.539. The molecule has 3 rings (SSSR count). The van der Waals surface area contributed by atoms with Gasteiger partial charge in [-0.2, -0.15) is 0 Å². The van der Waals surface area contributed by atoms with Gasteiger partial charge in [0.1, 0.15) is 0 Å². The lowest BCUT2D eigenvalue weighted by Gasteiger charge is -2.32. The molecule has 1 aromatic carbocycles. The Kier molecular flexibility index (Phi) is 4.04. The van der Waals surface area contributed by atoms with Crippen LogP contribution in [0.15, 0.2) is 23.2 Å². The van der Waals surface area contributed by atoms with Crippen LogP contribution < -0.4 is 5.32 Å². The smallest absolute Gasteiger partial charge is 0.161 e. The van der Waals surface area contributed by atoms with Crippen LogP contribution in [-0.4, -0.2) is 17.0 Å². The first-order valence-electron chi connectivity index (χ1n) is 6.96. The summed E-state index contributed by atoms with van der Waals surface area (Å²) in [4.78, 5) is 4.90. The van der Waals surface area contributed by atoms with Gasteiger partial charge in [-0.3, -0.25) is 4.99 Å². The van der Waals surface area contributed by atoms with Crippen molar-refractivity contribution in [2.75, 3.05) is 11.1 Å². The third-order valence-electron chi connectivity index (χ3n) is 4.03. The molecule has 19 heavy (non-hydrogen) atoms. The summed E-state index contributed by atoms with van der Waals surface area (Å²) < 4.78 is 0. The lowest BCUT2D eigenvalue weighted by atomic mass is 9.86. The van der Waals surface area contributed by atoms with E-state index < -0.39 is 0 Å². The molecular formula is C15H19ClN2S. The molecule has 1 saturated carbocycles. The van der Waals surface area contributed by atoms with E-state index in [1.165, 1.54) is 37.0 Å². The fraction of sp³-hybridized carbons (Fsp3) is 0.533. The highest BCUT2D eigenvalue weighted by molar-refractivity contribution is 8.14. The molecule has 1 heterocycles. The van der Waals surface area contributed by atoms with E-state index in [1.807, 2.05) is 30.0 Å². The third-order valence-corrected chi connectivity index (χ3v) is 5.34. The van der Waals surface area contributed by atoms with Gasteiger partial charge in [-0.05, 0) is 43.4 Å². The Bertz CT molecular complexity index is 501. The number of amidine groups is 1. The van der Waals surface area contributed by atoms with E-state index in [0.29, 0.717) is 6.04 Å². The summed E-state index contributed by atoms with van der Waals surface area (Å²) in [5.74, 6) is 2.00. The highest BCUT2D eigenvalue weighted by atomic mass is 35.5. The zero-order chi connectivity index (χ0) is 13.2. The number of hydrogen-bond acceptors (Lipinski definition) is 3. The Balaban J connectivity index is 1.76. The molecule has 1 aromatic rings. The predicted octanol–water partition coefficient (Wildman–Crippen LogP) is 4.72. The Morgan fingerprint density at radius 1 is 1.32 bits per heavy atom. The predicted molar refractivity (Wildman–Crippen MR) is 85.5 cm³/mol. The Hall–Kier alpha value is -0.670. The second kappa shape index (κ2) is 5.76. The molecule has 1 aliphatic carbocycles. The van der Waals surface area contributed by atoms with Crippen LogP contribution in [0.2, 0.25) is 5.02 Å². The minimum Gasteiger partial charge on any atom is -0.335 e. The molecule has 2 atom stereocenters. The fourth-order valence-electron chi connectivity index (χ4n) is 2.84. The number of halogens is 1. The van der Waals surface area contributed by atoms with E-state index >= 15 is 0 Å². The van der Waals surface area contributed by atoms with Gasteiger partial charge in [-0.15, -0.1) is 0 Å². The summed E-state index contributed by atoms with van der Waals surface area (Å²) in [5.41, 5.74) is 2.28. The van der Waals surface area contributed by atoms with Gasteiger partial charge in [-0.1, -0.05) is 42.3 Å². The van der Waals surface area contributed by atoms with Crippen LogP contribution in [0.1, 0.15) is 31.2 Å². The van der Waals surface area contributed by atoms with Crippen molar-refractivity contribution in [3.8, 4) is 0 Å². The first kappa shape index (κ1) is 13.3. The summed E-state index contributed by atoms with van der Waals surface area (Å²) >= 11 is 7.91. The van der Waals surface area contributed by atoms with Crippen LogP contribution in [0.25, 0.3) is 0 Å². The van der Waals surface area contributed by atoms with E-state index in [0.717, 1.165) is 21.8 Å². The number of aryl methyl sites for hydroxylation is 1. The van der Waals surface area contributed by atoms with Crippen LogP contribution >= 0.6 is 23.4 Å². The van der Waals surface area contributed by atoms with Crippen molar-refractivity contribution in [3.63, 3.8) is 0 Å². The lowest BCUT2D eigenvalue weighted by molar-refractivity contribution is 0.336. The van der Waals surface area contributed by atoms with E-state index in [-0.39, 0.29) is 0 Å². The number of rotatable bonds is 1. The van der Waals surface area contributed by atoms with Gasteiger partial charge in [0, 0.05) is 16.5 Å². The maximum absolute atomic E-state index is 6.06. The van der Waals surface area contributed by atoms with E-state index in [9.17, 15) is 0 Å². The molecule has 2 unspecified atom stereocenters. The topological polar surface area (TPSA) is 24.4 Å². The molecule has 0 aromatic heterocycles. The number of aliphatic imine (C=N–C) groups is 1. The standard InChI is InChI=1S/C15H19ClN2S/c1-10-6-7-12(16)8-14(10)18-15-17-13-5-3-2-4-11(13)9-19-15/h6-8,11,13H,2-5,9H2,1H3,(H,17,18). The largest absolute Gasteiger partial charge is 0.335 e.